The number of rotatable bonds is 1. The van der Waals surface area contributed by atoms with Crippen molar-refractivity contribution in [1.82, 2.24) is 4.90 Å². The summed E-state index contributed by atoms with van der Waals surface area (Å²) < 4.78 is 13.8. The molecular weight excluding hydrogens is 311 g/mol. The van der Waals surface area contributed by atoms with Crippen LogP contribution in [0.15, 0.2) is 16.6 Å². The molecule has 1 aromatic rings. The summed E-state index contributed by atoms with van der Waals surface area (Å²) in [6.45, 7) is 3.72. The number of nitrogens with zero attached hydrogens (tertiary/aromatic N) is 1. The Morgan fingerprint density at radius 3 is 2.89 bits per heavy atom. The molecule has 19 heavy (non-hydrogen) atoms. The summed E-state index contributed by atoms with van der Waals surface area (Å²) in [6.07, 6.45) is 3.18. The number of nitrogen functional groups attached to an aromatic ring is 1. The number of anilines is 1. The molecule has 1 fully saturated rings. The minimum absolute atomic E-state index is 0.00902. The first-order chi connectivity index (χ1) is 8.99. The third-order valence-electron chi connectivity index (χ3n) is 3.62. The molecule has 1 aliphatic rings. The van der Waals surface area contributed by atoms with Crippen LogP contribution in [-0.2, 0) is 0 Å². The van der Waals surface area contributed by atoms with Gasteiger partial charge in [-0.3, -0.25) is 4.79 Å². The molecule has 1 saturated heterocycles. The first kappa shape index (κ1) is 14.3. The molecule has 2 N–H and O–H groups in total. The van der Waals surface area contributed by atoms with E-state index in [1.807, 2.05) is 4.90 Å². The largest absolute Gasteiger partial charge is 0.396 e. The molecule has 104 valence electrons. The van der Waals surface area contributed by atoms with Gasteiger partial charge in [0, 0.05) is 17.6 Å². The smallest absolute Gasteiger partial charge is 0.255 e. The molecule has 3 nitrogen and oxygen atoms in total. The Balaban J connectivity index is 2.21. The van der Waals surface area contributed by atoms with E-state index < -0.39 is 5.82 Å². The summed E-state index contributed by atoms with van der Waals surface area (Å²) in [5.74, 6) is 0.0696. The van der Waals surface area contributed by atoms with Crippen molar-refractivity contribution in [2.45, 2.75) is 26.2 Å². The maximum Gasteiger partial charge on any atom is 0.255 e. The van der Waals surface area contributed by atoms with E-state index in [1.165, 1.54) is 12.1 Å². The molecule has 1 atom stereocenters. The van der Waals surface area contributed by atoms with Gasteiger partial charge in [-0.15, -0.1) is 0 Å². The molecule has 1 unspecified atom stereocenters. The van der Waals surface area contributed by atoms with Crippen LogP contribution in [0.2, 0.25) is 0 Å². The van der Waals surface area contributed by atoms with Gasteiger partial charge in [-0.2, -0.15) is 0 Å². The van der Waals surface area contributed by atoms with Crippen LogP contribution in [0.1, 0.15) is 36.5 Å². The van der Waals surface area contributed by atoms with Crippen molar-refractivity contribution in [3.8, 4) is 0 Å². The topological polar surface area (TPSA) is 46.3 Å². The van der Waals surface area contributed by atoms with Crippen LogP contribution in [0.4, 0.5) is 10.1 Å². The Bertz CT molecular complexity index is 493. The lowest BCUT2D eigenvalue weighted by atomic mass is 10.0. The molecule has 0 aromatic heterocycles. The number of likely N-dealkylation sites (tertiary alicyclic amines) is 1. The molecule has 1 amide bonds. The summed E-state index contributed by atoms with van der Waals surface area (Å²) in [6, 6.07) is 2.67. The van der Waals surface area contributed by atoms with Gasteiger partial charge in [-0.1, -0.05) is 6.92 Å². The number of carbonyl (C=O) groups excluding carboxylic acids is 1. The number of hydrogen-bond donors (Lipinski definition) is 1. The van der Waals surface area contributed by atoms with Gasteiger partial charge in [-0.25, -0.2) is 4.39 Å². The number of hydrogen-bond acceptors (Lipinski definition) is 2. The monoisotopic (exact) mass is 328 g/mol. The van der Waals surface area contributed by atoms with Crippen LogP contribution in [0.3, 0.4) is 0 Å². The lowest BCUT2D eigenvalue weighted by Gasteiger charge is -2.21. The van der Waals surface area contributed by atoms with Crippen LogP contribution < -0.4 is 5.73 Å². The average molecular weight is 329 g/mol. The third-order valence-corrected chi connectivity index (χ3v) is 4.28. The second kappa shape index (κ2) is 5.90. The Morgan fingerprint density at radius 1 is 1.42 bits per heavy atom. The molecule has 1 heterocycles. The van der Waals surface area contributed by atoms with Crippen molar-refractivity contribution in [2.75, 3.05) is 18.8 Å². The second-order valence-corrected chi connectivity index (χ2v) is 6.04. The van der Waals surface area contributed by atoms with Crippen LogP contribution >= 0.6 is 15.9 Å². The normalized spacial score (nSPS) is 20.2. The maximum absolute atomic E-state index is 13.3. The van der Waals surface area contributed by atoms with E-state index >= 15 is 0 Å². The number of carbonyl (C=O) groups is 1. The fourth-order valence-corrected chi connectivity index (χ4v) is 2.85. The van der Waals surface area contributed by atoms with E-state index in [0.717, 1.165) is 32.4 Å². The summed E-state index contributed by atoms with van der Waals surface area (Å²) in [5.41, 5.74) is 5.99. The zero-order valence-electron chi connectivity index (χ0n) is 11.0. The fourth-order valence-electron chi connectivity index (χ4n) is 2.37. The number of nitrogens with two attached hydrogens (primary N) is 1. The molecule has 0 saturated carbocycles. The maximum atomic E-state index is 13.3. The van der Waals surface area contributed by atoms with Crippen molar-refractivity contribution in [3.05, 3.63) is 28.0 Å². The minimum atomic E-state index is -0.507. The van der Waals surface area contributed by atoms with E-state index in [-0.39, 0.29) is 11.6 Å². The van der Waals surface area contributed by atoms with Crippen molar-refractivity contribution in [1.29, 1.82) is 0 Å². The van der Waals surface area contributed by atoms with Gasteiger partial charge >= 0.3 is 0 Å². The van der Waals surface area contributed by atoms with E-state index in [2.05, 4.69) is 22.9 Å². The van der Waals surface area contributed by atoms with Gasteiger partial charge in [0.15, 0.2) is 0 Å². The standard InChI is InChI=1S/C14H18BrFN2O/c1-9-3-2-5-18(6-4-9)14(19)10-7-13(17)12(16)8-11(10)15/h7-9H,2-6,17H2,1H3. The molecular formula is C14H18BrFN2O. The highest BCUT2D eigenvalue weighted by molar-refractivity contribution is 9.10. The fraction of sp³-hybridized carbons (Fsp3) is 0.500. The summed E-state index contributed by atoms with van der Waals surface area (Å²) in [5, 5.41) is 0. The van der Waals surface area contributed by atoms with Crippen LogP contribution in [0.25, 0.3) is 0 Å². The Morgan fingerprint density at radius 2 is 2.16 bits per heavy atom. The summed E-state index contributed by atoms with van der Waals surface area (Å²) in [7, 11) is 0. The van der Waals surface area contributed by atoms with Gasteiger partial charge in [0.05, 0.1) is 11.3 Å². The molecule has 0 aliphatic carbocycles. The third kappa shape index (κ3) is 3.26. The molecule has 1 aliphatic heterocycles. The molecule has 5 heteroatoms. The molecule has 0 bridgehead atoms. The van der Waals surface area contributed by atoms with Crippen molar-refractivity contribution >= 4 is 27.5 Å². The SMILES string of the molecule is CC1CCCN(C(=O)c2cc(N)c(F)cc2Br)CC1. The van der Waals surface area contributed by atoms with Crippen LogP contribution in [0.5, 0.6) is 0 Å². The van der Waals surface area contributed by atoms with Gasteiger partial charge in [-0.05, 0) is 53.2 Å². The van der Waals surface area contributed by atoms with Crippen LogP contribution in [0, 0.1) is 11.7 Å². The zero-order chi connectivity index (χ0) is 14.0. The lowest BCUT2D eigenvalue weighted by Crippen LogP contribution is -2.32. The predicted octanol–water partition coefficient (Wildman–Crippen LogP) is 3.43. The average Bonchev–Trinajstić information content (AvgIpc) is 2.58. The molecule has 0 radical (unpaired) electrons. The second-order valence-electron chi connectivity index (χ2n) is 5.18. The number of halogens is 2. The molecule has 2 rings (SSSR count). The first-order valence-electron chi connectivity index (χ1n) is 6.53. The predicted molar refractivity (Wildman–Crippen MR) is 77.4 cm³/mol. The lowest BCUT2D eigenvalue weighted by molar-refractivity contribution is 0.0759. The summed E-state index contributed by atoms with van der Waals surface area (Å²) in [4.78, 5) is 14.3. The number of amides is 1. The Labute approximate surface area is 121 Å². The van der Waals surface area contributed by atoms with Crippen molar-refractivity contribution < 1.29 is 9.18 Å². The van der Waals surface area contributed by atoms with Crippen molar-refractivity contribution in [2.24, 2.45) is 5.92 Å². The van der Waals surface area contributed by atoms with Gasteiger partial charge in [0.1, 0.15) is 5.82 Å². The number of benzene rings is 1. The minimum Gasteiger partial charge on any atom is -0.396 e. The highest BCUT2D eigenvalue weighted by Crippen LogP contribution is 2.25. The Hall–Kier alpha value is -1.10. The molecule has 0 spiro atoms. The van der Waals surface area contributed by atoms with E-state index in [1.54, 1.807) is 0 Å². The van der Waals surface area contributed by atoms with E-state index in [9.17, 15) is 9.18 Å². The first-order valence-corrected chi connectivity index (χ1v) is 7.32. The molecule has 1 aromatic carbocycles. The highest BCUT2D eigenvalue weighted by Gasteiger charge is 2.22. The summed E-state index contributed by atoms with van der Waals surface area (Å²) >= 11 is 3.24. The van der Waals surface area contributed by atoms with Crippen LogP contribution in [-0.4, -0.2) is 23.9 Å². The van der Waals surface area contributed by atoms with Gasteiger partial charge < -0.3 is 10.6 Å². The van der Waals surface area contributed by atoms with E-state index in [0.29, 0.717) is 16.0 Å². The van der Waals surface area contributed by atoms with Gasteiger partial charge in [0.2, 0.25) is 0 Å². The quantitative estimate of drug-likeness (QED) is 0.803. The van der Waals surface area contributed by atoms with Crippen molar-refractivity contribution in [3.63, 3.8) is 0 Å². The highest BCUT2D eigenvalue weighted by atomic mass is 79.9. The Kier molecular flexibility index (Phi) is 4.45. The van der Waals surface area contributed by atoms with Gasteiger partial charge in [0.25, 0.3) is 5.91 Å². The zero-order valence-corrected chi connectivity index (χ0v) is 12.5. The van der Waals surface area contributed by atoms with E-state index in [4.69, 9.17) is 5.73 Å².